The lowest BCUT2D eigenvalue weighted by Gasteiger charge is -2.40. The van der Waals surface area contributed by atoms with Gasteiger partial charge in [0.1, 0.15) is 5.71 Å². The Morgan fingerprint density at radius 3 is 2.76 bits per heavy atom. The molecular formula is C11H17N3O2S. The zero-order valence-corrected chi connectivity index (χ0v) is 10.7. The largest absolute Gasteiger partial charge is 0.350 e. The van der Waals surface area contributed by atoms with Gasteiger partial charge in [-0.1, -0.05) is 6.42 Å². The number of thioether (sulfide) groups is 1. The third-order valence-electron chi connectivity index (χ3n) is 3.44. The lowest BCUT2D eigenvalue weighted by atomic mass is 9.84. The summed E-state index contributed by atoms with van der Waals surface area (Å²) >= 11 is 1.82. The molecule has 2 aliphatic rings. The fourth-order valence-corrected chi connectivity index (χ4v) is 2.92. The molecule has 1 aliphatic heterocycles. The fourth-order valence-electron chi connectivity index (χ4n) is 2.01. The Morgan fingerprint density at radius 1 is 1.53 bits per heavy atom. The molecule has 0 radical (unpaired) electrons. The van der Waals surface area contributed by atoms with Gasteiger partial charge in [0.2, 0.25) is 5.91 Å². The number of carbonyl (C=O) groups is 2. The molecule has 0 unspecified atom stereocenters. The van der Waals surface area contributed by atoms with Crippen molar-refractivity contribution in [1.29, 1.82) is 0 Å². The molecular weight excluding hydrogens is 238 g/mol. The van der Waals surface area contributed by atoms with E-state index in [2.05, 4.69) is 22.1 Å². The van der Waals surface area contributed by atoms with Gasteiger partial charge >= 0.3 is 0 Å². The van der Waals surface area contributed by atoms with Gasteiger partial charge in [0.15, 0.2) is 0 Å². The number of carbonyl (C=O) groups excluding carboxylic acids is 2. The van der Waals surface area contributed by atoms with Crippen molar-refractivity contribution in [2.24, 2.45) is 5.10 Å². The molecule has 5 nitrogen and oxygen atoms in total. The third kappa shape index (κ3) is 2.80. The van der Waals surface area contributed by atoms with Crippen LogP contribution in [0.1, 0.15) is 32.1 Å². The van der Waals surface area contributed by atoms with Crippen molar-refractivity contribution in [1.82, 2.24) is 10.7 Å². The summed E-state index contributed by atoms with van der Waals surface area (Å²) in [6, 6.07) is 0. The van der Waals surface area contributed by atoms with Crippen molar-refractivity contribution in [3.8, 4) is 0 Å². The van der Waals surface area contributed by atoms with Crippen LogP contribution in [0.15, 0.2) is 5.10 Å². The van der Waals surface area contributed by atoms with E-state index in [0.29, 0.717) is 25.1 Å². The van der Waals surface area contributed by atoms with Crippen LogP contribution < -0.4 is 10.7 Å². The second-order valence-corrected chi connectivity index (χ2v) is 5.79. The van der Waals surface area contributed by atoms with Gasteiger partial charge in [-0.25, -0.2) is 5.43 Å². The van der Waals surface area contributed by atoms with Crippen molar-refractivity contribution in [3.63, 3.8) is 0 Å². The smallest absolute Gasteiger partial charge is 0.267 e. The van der Waals surface area contributed by atoms with E-state index in [1.807, 2.05) is 11.8 Å². The van der Waals surface area contributed by atoms with Crippen LogP contribution >= 0.6 is 11.8 Å². The minimum atomic E-state index is -0.148. The zero-order valence-electron chi connectivity index (χ0n) is 9.91. The molecule has 1 saturated carbocycles. The average molecular weight is 255 g/mol. The molecule has 2 N–H and O–H groups in total. The van der Waals surface area contributed by atoms with E-state index in [1.165, 1.54) is 6.42 Å². The molecule has 1 fully saturated rings. The molecule has 94 valence electrons. The van der Waals surface area contributed by atoms with Crippen LogP contribution in [0, 0.1) is 0 Å². The molecule has 0 aromatic carbocycles. The molecule has 0 bridgehead atoms. The minimum Gasteiger partial charge on any atom is -0.350 e. The van der Waals surface area contributed by atoms with Gasteiger partial charge in [-0.05, 0) is 19.1 Å². The number of hydrogen-bond donors (Lipinski definition) is 2. The van der Waals surface area contributed by atoms with E-state index in [4.69, 9.17) is 0 Å². The topological polar surface area (TPSA) is 70.6 Å². The highest BCUT2D eigenvalue weighted by atomic mass is 32.2. The van der Waals surface area contributed by atoms with Crippen LogP contribution in [0.25, 0.3) is 0 Å². The maximum Gasteiger partial charge on any atom is 0.267 e. The lowest BCUT2D eigenvalue weighted by Crippen LogP contribution is -2.47. The molecule has 6 heteroatoms. The number of nitrogens with one attached hydrogen (secondary N) is 2. The fraction of sp³-hybridized carbons (Fsp3) is 0.727. The second-order valence-electron chi connectivity index (χ2n) is 4.52. The predicted octanol–water partition coefficient (Wildman–Crippen LogP) is 0.654. The first-order chi connectivity index (χ1) is 8.15. The van der Waals surface area contributed by atoms with E-state index < -0.39 is 0 Å². The molecule has 2 amide bonds. The van der Waals surface area contributed by atoms with Crippen molar-refractivity contribution in [2.45, 2.75) is 36.9 Å². The molecule has 17 heavy (non-hydrogen) atoms. The molecule has 0 spiro atoms. The Morgan fingerprint density at radius 2 is 2.29 bits per heavy atom. The summed E-state index contributed by atoms with van der Waals surface area (Å²) < 4.78 is 0.230. The van der Waals surface area contributed by atoms with Gasteiger partial charge in [-0.15, -0.1) is 0 Å². The standard InChI is InChI=1S/C11H17N3O2S/c1-17-11(5-2-6-11)7-12-10(16)8-3-4-9(15)14-13-8/h2-7H2,1H3,(H,12,16)(H,14,15). The van der Waals surface area contributed by atoms with Crippen molar-refractivity contribution in [2.75, 3.05) is 12.8 Å². The van der Waals surface area contributed by atoms with Gasteiger partial charge < -0.3 is 5.32 Å². The van der Waals surface area contributed by atoms with Crippen LogP contribution in [0.5, 0.6) is 0 Å². The summed E-state index contributed by atoms with van der Waals surface area (Å²) in [5.41, 5.74) is 2.77. The number of nitrogens with zero attached hydrogens (tertiary/aromatic N) is 1. The summed E-state index contributed by atoms with van der Waals surface area (Å²) in [6.45, 7) is 0.694. The highest BCUT2D eigenvalue weighted by molar-refractivity contribution is 8.00. The quantitative estimate of drug-likeness (QED) is 0.775. The van der Waals surface area contributed by atoms with E-state index in [1.54, 1.807) is 0 Å². The first-order valence-electron chi connectivity index (χ1n) is 5.84. The van der Waals surface area contributed by atoms with Crippen molar-refractivity contribution in [3.05, 3.63) is 0 Å². The first kappa shape index (κ1) is 12.4. The third-order valence-corrected chi connectivity index (χ3v) is 4.85. The van der Waals surface area contributed by atoms with Gasteiger partial charge in [0, 0.05) is 24.1 Å². The summed E-state index contributed by atoms with van der Waals surface area (Å²) in [5, 5.41) is 6.70. The summed E-state index contributed by atoms with van der Waals surface area (Å²) in [4.78, 5) is 22.7. The lowest BCUT2D eigenvalue weighted by molar-refractivity contribution is -0.121. The molecule has 1 heterocycles. The number of hydrazone groups is 1. The molecule has 0 aromatic heterocycles. The summed E-state index contributed by atoms with van der Waals surface area (Å²) in [7, 11) is 0. The maximum atomic E-state index is 11.8. The van der Waals surface area contributed by atoms with E-state index in [-0.39, 0.29) is 16.6 Å². The average Bonchev–Trinajstić information content (AvgIpc) is 2.29. The number of rotatable bonds is 4. The number of amides is 2. The molecule has 0 aromatic rings. The summed E-state index contributed by atoms with van der Waals surface area (Å²) in [5.74, 6) is -0.272. The monoisotopic (exact) mass is 255 g/mol. The van der Waals surface area contributed by atoms with Crippen LogP contribution in [0.4, 0.5) is 0 Å². The Labute approximate surface area is 105 Å². The van der Waals surface area contributed by atoms with Gasteiger partial charge in [-0.2, -0.15) is 16.9 Å². The van der Waals surface area contributed by atoms with Gasteiger partial charge in [0.25, 0.3) is 5.91 Å². The molecule has 2 rings (SSSR count). The first-order valence-corrected chi connectivity index (χ1v) is 7.06. The van der Waals surface area contributed by atoms with E-state index in [9.17, 15) is 9.59 Å². The van der Waals surface area contributed by atoms with Gasteiger partial charge in [-0.3, -0.25) is 9.59 Å². The van der Waals surface area contributed by atoms with Gasteiger partial charge in [0.05, 0.1) is 0 Å². The maximum absolute atomic E-state index is 11.8. The van der Waals surface area contributed by atoms with Crippen molar-refractivity contribution >= 4 is 29.3 Å². The zero-order chi connectivity index (χ0) is 12.3. The van der Waals surface area contributed by atoms with Crippen LogP contribution in [-0.4, -0.2) is 35.1 Å². The highest BCUT2D eigenvalue weighted by Gasteiger charge is 2.36. The number of hydrogen-bond acceptors (Lipinski definition) is 4. The van der Waals surface area contributed by atoms with E-state index in [0.717, 1.165) is 12.8 Å². The van der Waals surface area contributed by atoms with Crippen LogP contribution in [0.3, 0.4) is 0 Å². The summed E-state index contributed by atoms with van der Waals surface area (Å²) in [6.07, 6.45) is 6.44. The minimum absolute atomic E-state index is 0.124. The Kier molecular flexibility index (Phi) is 3.71. The highest BCUT2D eigenvalue weighted by Crippen LogP contribution is 2.42. The molecule has 0 atom stereocenters. The Bertz CT molecular complexity index is 358. The van der Waals surface area contributed by atoms with Crippen LogP contribution in [0.2, 0.25) is 0 Å². The molecule has 1 aliphatic carbocycles. The van der Waals surface area contributed by atoms with Crippen molar-refractivity contribution < 1.29 is 9.59 Å². The Hall–Kier alpha value is -1.04. The Balaban J connectivity index is 1.83. The molecule has 0 saturated heterocycles. The SMILES string of the molecule is CSC1(CNC(=O)C2=NNC(=O)CC2)CCC1. The second kappa shape index (κ2) is 5.08. The van der Waals surface area contributed by atoms with E-state index >= 15 is 0 Å². The normalized spacial score (nSPS) is 22.2. The van der Waals surface area contributed by atoms with Crippen LogP contribution in [-0.2, 0) is 9.59 Å². The predicted molar refractivity (Wildman–Crippen MR) is 67.9 cm³/mol.